The van der Waals surface area contributed by atoms with E-state index in [1.165, 1.54) is 14.2 Å². The summed E-state index contributed by atoms with van der Waals surface area (Å²) in [6.07, 6.45) is 0. The van der Waals surface area contributed by atoms with Crippen LogP contribution in [0.3, 0.4) is 0 Å². The maximum Gasteiger partial charge on any atom is 0.345 e. The summed E-state index contributed by atoms with van der Waals surface area (Å²) in [5, 5.41) is 7.55. The van der Waals surface area contributed by atoms with Crippen LogP contribution < -0.4 is 14.8 Å². The molecule has 0 atom stereocenters. The van der Waals surface area contributed by atoms with E-state index in [-0.39, 0.29) is 11.4 Å². The van der Waals surface area contributed by atoms with E-state index in [0.29, 0.717) is 33.5 Å². The van der Waals surface area contributed by atoms with Crippen LogP contribution in [-0.4, -0.2) is 32.5 Å². The first-order valence-electron chi connectivity index (χ1n) is 7.90. The summed E-state index contributed by atoms with van der Waals surface area (Å²) in [6, 6.07) is 12.1. The van der Waals surface area contributed by atoms with Crippen molar-refractivity contribution in [1.82, 2.24) is 5.16 Å². The molecule has 27 heavy (non-hydrogen) atoms. The van der Waals surface area contributed by atoms with E-state index in [0.717, 1.165) is 0 Å². The van der Waals surface area contributed by atoms with Crippen molar-refractivity contribution in [3.63, 3.8) is 0 Å². The minimum atomic E-state index is -0.596. The van der Waals surface area contributed by atoms with Crippen LogP contribution in [0.15, 0.2) is 47.0 Å². The van der Waals surface area contributed by atoms with Crippen molar-refractivity contribution in [3.8, 4) is 22.8 Å². The van der Waals surface area contributed by atoms with E-state index in [1.54, 1.807) is 49.6 Å². The largest absolute Gasteiger partial charge is 0.497 e. The average molecular weight is 389 g/mol. The van der Waals surface area contributed by atoms with Gasteiger partial charge in [-0.15, -0.1) is 0 Å². The molecule has 0 unspecified atom stereocenters. The summed E-state index contributed by atoms with van der Waals surface area (Å²) in [5.74, 6) is 0.662. The topological polar surface area (TPSA) is 82.8 Å². The number of hydrogen-bond acceptors (Lipinski definition) is 7. The number of carbonyl (C=O) groups is 1. The van der Waals surface area contributed by atoms with E-state index in [1.807, 2.05) is 0 Å². The molecule has 0 aliphatic heterocycles. The molecule has 0 fully saturated rings. The maximum atomic E-state index is 12.4. The SMILES string of the molecule is COC(=O)c1c(-c2cccc(Cl)c2)noc1Nc1ccc(OC)cc1OC. The lowest BCUT2D eigenvalue weighted by Crippen LogP contribution is -2.05. The van der Waals surface area contributed by atoms with Crippen LogP contribution >= 0.6 is 11.6 Å². The fourth-order valence-electron chi connectivity index (χ4n) is 2.52. The molecule has 0 saturated carbocycles. The van der Waals surface area contributed by atoms with E-state index < -0.39 is 5.97 Å². The number of halogens is 1. The highest BCUT2D eigenvalue weighted by atomic mass is 35.5. The number of ether oxygens (including phenoxy) is 3. The maximum absolute atomic E-state index is 12.4. The van der Waals surface area contributed by atoms with Gasteiger partial charge in [0.1, 0.15) is 17.2 Å². The lowest BCUT2D eigenvalue weighted by atomic mass is 10.1. The summed E-state index contributed by atoms with van der Waals surface area (Å²) < 4.78 is 20.8. The number of methoxy groups -OCH3 is 3. The zero-order valence-electron chi connectivity index (χ0n) is 14.9. The fraction of sp³-hybridized carbons (Fsp3) is 0.158. The van der Waals surface area contributed by atoms with E-state index >= 15 is 0 Å². The first kappa shape index (κ1) is 18.6. The molecular weight excluding hydrogens is 372 g/mol. The number of anilines is 2. The number of esters is 1. The first-order chi connectivity index (χ1) is 13.1. The summed E-state index contributed by atoms with van der Waals surface area (Å²) in [4.78, 5) is 12.4. The second kappa shape index (κ2) is 8.01. The van der Waals surface area contributed by atoms with Gasteiger partial charge < -0.3 is 24.1 Å². The highest BCUT2D eigenvalue weighted by Gasteiger charge is 2.26. The number of rotatable bonds is 6. The second-order valence-electron chi connectivity index (χ2n) is 5.43. The number of carbonyl (C=O) groups excluding carboxylic acids is 1. The lowest BCUT2D eigenvalue weighted by Gasteiger charge is -2.11. The molecule has 1 heterocycles. The van der Waals surface area contributed by atoms with Crippen LogP contribution in [0.2, 0.25) is 5.02 Å². The van der Waals surface area contributed by atoms with E-state index in [2.05, 4.69) is 10.5 Å². The molecule has 0 aliphatic carbocycles. The van der Waals surface area contributed by atoms with Gasteiger partial charge in [0.2, 0.25) is 5.88 Å². The van der Waals surface area contributed by atoms with Crippen LogP contribution in [0.4, 0.5) is 11.6 Å². The number of aromatic nitrogens is 1. The fourth-order valence-corrected chi connectivity index (χ4v) is 2.71. The Bertz CT molecular complexity index is 970. The molecule has 3 aromatic rings. The van der Waals surface area contributed by atoms with E-state index in [4.69, 9.17) is 30.3 Å². The summed E-state index contributed by atoms with van der Waals surface area (Å²) in [6.45, 7) is 0. The van der Waals surface area contributed by atoms with Gasteiger partial charge in [0.15, 0.2) is 5.56 Å². The normalized spacial score (nSPS) is 10.4. The first-order valence-corrected chi connectivity index (χ1v) is 8.28. The van der Waals surface area contributed by atoms with Gasteiger partial charge in [-0.2, -0.15) is 0 Å². The van der Waals surface area contributed by atoms with Crippen molar-refractivity contribution in [2.24, 2.45) is 0 Å². The van der Waals surface area contributed by atoms with Gasteiger partial charge in [-0.05, 0) is 24.3 Å². The Morgan fingerprint density at radius 3 is 2.59 bits per heavy atom. The summed E-state index contributed by atoms with van der Waals surface area (Å²) >= 11 is 6.05. The molecule has 0 aliphatic rings. The van der Waals surface area contributed by atoms with Gasteiger partial charge in [-0.25, -0.2) is 4.79 Å². The predicted molar refractivity (Wildman–Crippen MR) is 101 cm³/mol. The summed E-state index contributed by atoms with van der Waals surface area (Å²) in [5.41, 5.74) is 1.66. The van der Waals surface area contributed by atoms with Crippen molar-refractivity contribution in [2.45, 2.75) is 0 Å². The highest BCUT2D eigenvalue weighted by Crippen LogP contribution is 2.36. The van der Waals surface area contributed by atoms with Crippen molar-refractivity contribution in [2.75, 3.05) is 26.6 Å². The van der Waals surface area contributed by atoms with Gasteiger partial charge in [0, 0.05) is 16.7 Å². The number of benzene rings is 2. The molecule has 0 bridgehead atoms. The Labute approximate surface area is 160 Å². The van der Waals surface area contributed by atoms with Crippen LogP contribution in [0.1, 0.15) is 10.4 Å². The van der Waals surface area contributed by atoms with Gasteiger partial charge in [0.05, 0.1) is 27.0 Å². The third-order valence-corrected chi connectivity index (χ3v) is 4.07. The average Bonchev–Trinajstić information content (AvgIpc) is 3.11. The molecule has 7 nitrogen and oxygen atoms in total. The van der Waals surface area contributed by atoms with Gasteiger partial charge in [-0.1, -0.05) is 28.9 Å². The second-order valence-corrected chi connectivity index (χ2v) is 5.86. The number of nitrogens with zero attached hydrogens (tertiary/aromatic N) is 1. The Kier molecular flexibility index (Phi) is 5.52. The molecule has 0 saturated heterocycles. The molecule has 1 N–H and O–H groups in total. The molecule has 2 aromatic carbocycles. The van der Waals surface area contributed by atoms with Gasteiger partial charge in [-0.3, -0.25) is 0 Å². The van der Waals surface area contributed by atoms with Gasteiger partial charge in [0.25, 0.3) is 0 Å². The monoisotopic (exact) mass is 388 g/mol. The predicted octanol–water partition coefficient (Wildman–Crippen LogP) is 4.54. The Morgan fingerprint density at radius 2 is 1.93 bits per heavy atom. The smallest absolute Gasteiger partial charge is 0.345 e. The molecule has 8 heteroatoms. The van der Waals surface area contributed by atoms with Crippen LogP contribution in [-0.2, 0) is 4.74 Å². The van der Waals surface area contributed by atoms with Crippen LogP contribution in [0, 0.1) is 0 Å². The summed E-state index contributed by atoms with van der Waals surface area (Å²) in [7, 11) is 4.37. The molecule has 3 rings (SSSR count). The minimum Gasteiger partial charge on any atom is -0.497 e. The Balaban J connectivity index is 2.05. The third kappa shape index (κ3) is 3.83. The number of nitrogens with one attached hydrogen (secondary N) is 1. The van der Waals surface area contributed by atoms with Crippen molar-refractivity contribution >= 4 is 29.1 Å². The molecule has 0 spiro atoms. The quantitative estimate of drug-likeness (QED) is 0.620. The third-order valence-electron chi connectivity index (χ3n) is 3.84. The van der Waals surface area contributed by atoms with E-state index in [9.17, 15) is 4.79 Å². The van der Waals surface area contributed by atoms with Crippen molar-refractivity contribution in [1.29, 1.82) is 0 Å². The minimum absolute atomic E-state index is 0.125. The molecular formula is C19H17ClN2O5. The van der Waals surface area contributed by atoms with Crippen LogP contribution in [0.5, 0.6) is 11.5 Å². The highest BCUT2D eigenvalue weighted by molar-refractivity contribution is 6.30. The zero-order valence-corrected chi connectivity index (χ0v) is 15.7. The van der Waals surface area contributed by atoms with Crippen LogP contribution in [0.25, 0.3) is 11.3 Å². The molecule has 140 valence electrons. The molecule has 0 amide bonds. The zero-order chi connectivity index (χ0) is 19.4. The Hall–Kier alpha value is -3.19. The molecule has 1 aromatic heterocycles. The molecule has 0 radical (unpaired) electrons. The van der Waals surface area contributed by atoms with Gasteiger partial charge >= 0.3 is 5.97 Å². The number of hydrogen-bond donors (Lipinski definition) is 1. The van der Waals surface area contributed by atoms with Crippen molar-refractivity contribution in [3.05, 3.63) is 53.1 Å². The Morgan fingerprint density at radius 1 is 1.11 bits per heavy atom. The standard InChI is InChI=1S/C19H17ClN2O5/c1-24-13-7-8-14(15(10-13)25-2)21-18-16(19(23)26-3)17(22-27-18)11-5-4-6-12(20)9-11/h4-10,21H,1-3H3. The van der Waals surface area contributed by atoms with Crippen molar-refractivity contribution < 1.29 is 23.5 Å². The lowest BCUT2D eigenvalue weighted by molar-refractivity contribution is 0.0602.